The molecule has 1 N–H and O–H groups in total. The van der Waals surface area contributed by atoms with Gasteiger partial charge in [-0.1, -0.05) is 6.07 Å². The lowest BCUT2D eigenvalue weighted by Gasteiger charge is -2.33. The highest BCUT2D eigenvalue weighted by molar-refractivity contribution is 7.10. The SMILES string of the molecule is CN1CCN(c2cc(CNC(=O)Cc3cccs3)ccn2)CC1. The number of carbonyl (C=O) groups excluding carboxylic acids is 1. The van der Waals surface area contributed by atoms with Gasteiger partial charge in [-0.15, -0.1) is 11.3 Å². The molecule has 0 saturated carbocycles. The third kappa shape index (κ3) is 4.53. The second-order valence-electron chi connectivity index (χ2n) is 5.85. The van der Waals surface area contributed by atoms with Crippen molar-refractivity contribution in [2.75, 3.05) is 38.1 Å². The molecule has 2 aromatic heterocycles. The Morgan fingerprint density at radius 1 is 1.30 bits per heavy atom. The van der Waals surface area contributed by atoms with Crippen LogP contribution in [0.3, 0.4) is 0 Å². The predicted octanol–water partition coefficient (Wildman–Crippen LogP) is 1.75. The van der Waals surface area contributed by atoms with E-state index in [0.29, 0.717) is 13.0 Å². The quantitative estimate of drug-likeness (QED) is 0.907. The van der Waals surface area contributed by atoms with Gasteiger partial charge < -0.3 is 15.1 Å². The average Bonchev–Trinajstić information content (AvgIpc) is 3.07. The monoisotopic (exact) mass is 330 g/mol. The lowest BCUT2D eigenvalue weighted by atomic mass is 10.2. The van der Waals surface area contributed by atoms with Crippen LogP contribution in [0.15, 0.2) is 35.8 Å². The van der Waals surface area contributed by atoms with Gasteiger partial charge in [-0.3, -0.25) is 4.79 Å². The molecule has 2 aromatic rings. The summed E-state index contributed by atoms with van der Waals surface area (Å²) in [6, 6.07) is 8.00. The van der Waals surface area contributed by atoms with E-state index < -0.39 is 0 Å². The average molecular weight is 330 g/mol. The van der Waals surface area contributed by atoms with Crippen molar-refractivity contribution in [1.82, 2.24) is 15.2 Å². The maximum Gasteiger partial charge on any atom is 0.225 e. The summed E-state index contributed by atoms with van der Waals surface area (Å²) < 4.78 is 0. The van der Waals surface area contributed by atoms with Gasteiger partial charge in [0.15, 0.2) is 0 Å². The van der Waals surface area contributed by atoms with Crippen molar-refractivity contribution in [1.29, 1.82) is 0 Å². The Morgan fingerprint density at radius 2 is 2.13 bits per heavy atom. The molecule has 1 fully saturated rings. The molecule has 0 aromatic carbocycles. The number of hydrogen-bond acceptors (Lipinski definition) is 5. The number of rotatable bonds is 5. The first-order chi connectivity index (χ1) is 11.2. The Bertz CT molecular complexity index is 636. The highest BCUT2D eigenvalue weighted by atomic mass is 32.1. The van der Waals surface area contributed by atoms with Gasteiger partial charge in [0, 0.05) is 43.8 Å². The number of piperazine rings is 1. The van der Waals surface area contributed by atoms with Gasteiger partial charge in [-0.25, -0.2) is 4.98 Å². The van der Waals surface area contributed by atoms with E-state index in [1.165, 1.54) is 0 Å². The first-order valence-electron chi connectivity index (χ1n) is 7.88. The summed E-state index contributed by atoms with van der Waals surface area (Å²) >= 11 is 1.61. The summed E-state index contributed by atoms with van der Waals surface area (Å²) in [5.74, 6) is 1.06. The van der Waals surface area contributed by atoms with Crippen molar-refractivity contribution in [3.8, 4) is 0 Å². The molecule has 0 bridgehead atoms. The number of carbonyl (C=O) groups is 1. The Hall–Kier alpha value is -1.92. The van der Waals surface area contributed by atoms with E-state index in [2.05, 4.69) is 33.2 Å². The molecule has 0 aliphatic carbocycles. The minimum Gasteiger partial charge on any atom is -0.354 e. The van der Waals surface area contributed by atoms with Crippen LogP contribution >= 0.6 is 11.3 Å². The number of nitrogens with one attached hydrogen (secondary N) is 1. The summed E-state index contributed by atoms with van der Waals surface area (Å²) in [5, 5.41) is 4.98. The van der Waals surface area contributed by atoms with Crippen molar-refractivity contribution in [3.63, 3.8) is 0 Å². The summed E-state index contributed by atoms with van der Waals surface area (Å²) in [5.41, 5.74) is 1.09. The van der Waals surface area contributed by atoms with E-state index in [9.17, 15) is 4.79 Å². The van der Waals surface area contributed by atoms with Gasteiger partial charge in [0.25, 0.3) is 0 Å². The Labute approximate surface area is 140 Å². The minimum atomic E-state index is 0.0606. The van der Waals surface area contributed by atoms with Crippen LogP contribution in [0.1, 0.15) is 10.4 Å². The number of nitrogens with zero attached hydrogens (tertiary/aromatic N) is 3. The van der Waals surface area contributed by atoms with Crippen LogP contribution < -0.4 is 10.2 Å². The van der Waals surface area contributed by atoms with E-state index >= 15 is 0 Å². The van der Waals surface area contributed by atoms with E-state index in [4.69, 9.17) is 0 Å². The second-order valence-corrected chi connectivity index (χ2v) is 6.88. The van der Waals surface area contributed by atoms with Crippen LogP contribution in [0.5, 0.6) is 0 Å². The van der Waals surface area contributed by atoms with E-state index in [-0.39, 0.29) is 5.91 Å². The summed E-state index contributed by atoms with van der Waals surface area (Å²) in [4.78, 5) is 22.2. The second kappa shape index (κ2) is 7.57. The van der Waals surface area contributed by atoms with Gasteiger partial charge in [-0.05, 0) is 36.2 Å². The molecule has 122 valence electrons. The molecule has 6 heteroatoms. The Morgan fingerprint density at radius 3 is 2.87 bits per heavy atom. The van der Waals surface area contributed by atoms with E-state index in [1.54, 1.807) is 11.3 Å². The standard InChI is InChI=1S/C17H22N4OS/c1-20-6-8-21(9-7-20)16-11-14(4-5-18-16)13-19-17(22)12-15-3-2-10-23-15/h2-5,10-11H,6-9,12-13H2,1H3,(H,19,22). The van der Waals surface area contributed by atoms with Crippen molar-refractivity contribution < 1.29 is 4.79 Å². The van der Waals surface area contributed by atoms with Crippen LogP contribution in [0.25, 0.3) is 0 Å². The van der Waals surface area contributed by atoms with E-state index in [1.807, 2.05) is 29.8 Å². The number of aromatic nitrogens is 1. The fourth-order valence-corrected chi connectivity index (χ4v) is 3.32. The third-order valence-corrected chi connectivity index (χ3v) is 4.92. The highest BCUT2D eigenvalue weighted by Gasteiger charge is 2.15. The minimum absolute atomic E-state index is 0.0606. The normalized spacial score (nSPS) is 15.6. The molecule has 23 heavy (non-hydrogen) atoms. The van der Waals surface area contributed by atoms with Crippen molar-refractivity contribution in [2.45, 2.75) is 13.0 Å². The number of anilines is 1. The molecule has 0 unspecified atom stereocenters. The largest absolute Gasteiger partial charge is 0.354 e. The summed E-state index contributed by atoms with van der Waals surface area (Å²) in [6.07, 6.45) is 2.28. The van der Waals surface area contributed by atoms with Crippen molar-refractivity contribution >= 4 is 23.1 Å². The molecule has 3 rings (SSSR count). The number of hydrogen-bond donors (Lipinski definition) is 1. The molecule has 0 radical (unpaired) electrons. The molecule has 0 spiro atoms. The molecule has 1 saturated heterocycles. The van der Waals surface area contributed by atoms with E-state index in [0.717, 1.165) is 42.4 Å². The highest BCUT2D eigenvalue weighted by Crippen LogP contribution is 2.15. The lowest BCUT2D eigenvalue weighted by Crippen LogP contribution is -2.44. The maximum absolute atomic E-state index is 12.0. The zero-order valence-electron chi connectivity index (χ0n) is 13.4. The van der Waals surface area contributed by atoms with Gasteiger partial charge in [0.05, 0.1) is 6.42 Å². The molecule has 1 aliphatic heterocycles. The lowest BCUT2D eigenvalue weighted by molar-refractivity contribution is -0.120. The Balaban J connectivity index is 1.54. The Kier molecular flexibility index (Phi) is 5.25. The van der Waals surface area contributed by atoms with Gasteiger partial charge in [0.2, 0.25) is 5.91 Å². The first-order valence-corrected chi connectivity index (χ1v) is 8.76. The first kappa shape index (κ1) is 16.0. The van der Waals surface area contributed by atoms with Crippen LogP contribution in [-0.2, 0) is 17.8 Å². The number of pyridine rings is 1. The molecular weight excluding hydrogens is 308 g/mol. The van der Waals surface area contributed by atoms with Crippen LogP contribution in [0.2, 0.25) is 0 Å². The number of thiophene rings is 1. The zero-order chi connectivity index (χ0) is 16.1. The van der Waals surface area contributed by atoms with Gasteiger partial charge in [-0.2, -0.15) is 0 Å². The topological polar surface area (TPSA) is 48.5 Å². The van der Waals surface area contributed by atoms with Gasteiger partial charge >= 0.3 is 0 Å². The number of likely N-dealkylation sites (N-methyl/N-ethyl adjacent to an activating group) is 1. The maximum atomic E-state index is 12.0. The molecular formula is C17H22N4OS. The van der Waals surface area contributed by atoms with Crippen molar-refractivity contribution in [3.05, 3.63) is 46.3 Å². The number of amides is 1. The molecule has 1 amide bonds. The van der Waals surface area contributed by atoms with Crippen LogP contribution in [0, 0.1) is 0 Å². The van der Waals surface area contributed by atoms with Crippen molar-refractivity contribution in [2.24, 2.45) is 0 Å². The van der Waals surface area contributed by atoms with Crippen LogP contribution in [0.4, 0.5) is 5.82 Å². The smallest absolute Gasteiger partial charge is 0.225 e. The molecule has 1 aliphatic rings. The van der Waals surface area contributed by atoms with Crippen LogP contribution in [-0.4, -0.2) is 49.0 Å². The van der Waals surface area contributed by atoms with Gasteiger partial charge in [0.1, 0.15) is 5.82 Å². The molecule has 3 heterocycles. The molecule has 0 atom stereocenters. The fraction of sp³-hybridized carbons (Fsp3) is 0.412. The third-order valence-electron chi connectivity index (χ3n) is 4.04. The molecule has 5 nitrogen and oxygen atoms in total. The summed E-state index contributed by atoms with van der Waals surface area (Å²) in [7, 11) is 2.14. The zero-order valence-corrected chi connectivity index (χ0v) is 14.2. The predicted molar refractivity (Wildman–Crippen MR) is 93.8 cm³/mol. The summed E-state index contributed by atoms with van der Waals surface area (Å²) in [6.45, 7) is 4.66. The fourth-order valence-electron chi connectivity index (χ4n) is 2.61.